The lowest BCUT2D eigenvalue weighted by atomic mass is 10.0. The lowest BCUT2D eigenvalue weighted by Gasteiger charge is -2.31. The molecule has 0 unspecified atom stereocenters. The van der Waals surface area contributed by atoms with Gasteiger partial charge >= 0.3 is 0 Å². The first kappa shape index (κ1) is 15.9. The summed E-state index contributed by atoms with van der Waals surface area (Å²) >= 11 is 3.45. The third kappa shape index (κ3) is 3.07. The summed E-state index contributed by atoms with van der Waals surface area (Å²) in [6.45, 7) is 4.37. The van der Waals surface area contributed by atoms with E-state index in [4.69, 9.17) is 0 Å². The van der Waals surface area contributed by atoms with Gasteiger partial charge in [0.05, 0.1) is 4.90 Å². The summed E-state index contributed by atoms with van der Waals surface area (Å²) in [6.07, 6.45) is 1.73. The van der Waals surface area contributed by atoms with Crippen LogP contribution in [0.2, 0.25) is 0 Å². The van der Waals surface area contributed by atoms with Crippen molar-refractivity contribution in [1.82, 2.24) is 4.31 Å². The Balaban J connectivity index is 2.32. The van der Waals surface area contributed by atoms with Crippen LogP contribution in [-0.2, 0) is 10.0 Å². The Labute approximate surface area is 128 Å². The number of aryl methyl sites for hydroxylation is 2. The van der Waals surface area contributed by atoms with Crippen molar-refractivity contribution >= 4 is 26.0 Å². The first-order valence-corrected chi connectivity index (χ1v) is 9.25. The molecule has 1 aliphatic heterocycles. The molecule has 1 heterocycles. The van der Waals surface area contributed by atoms with Crippen molar-refractivity contribution in [3.05, 3.63) is 29.1 Å². The molecule has 0 saturated carbocycles. The molecule has 0 aliphatic carbocycles. The summed E-state index contributed by atoms with van der Waals surface area (Å²) < 4.78 is 40.3. The van der Waals surface area contributed by atoms with Crippen LogP contribution in [0, 0.1) is 25.6 Å². The van der Waals surface area contributed by atoms with Crippen LogP contribution in [0.15, 0.2) is 17.0 Å². The zero-order valence-corrected chi connectivity index (χ0v) is 14.1. The summed E-state index contributed by atoms with van der Waals surface area (Å²) in [6, 6.07) is 2.57. The molecular weight excluding hydrogens is 345 g/mol. The molecule has 112 valence electrons. The molecule has 0 N–H and O–H groups in total. The summed E-state index contributed by atoms with van der Waals surface area (Å²) in [4.78, 5) is 0.260. The number of rotatable bonds is 3. The van der Waals surface area contributed by atoms with Gasteiger partial charge in [0.15, 0.2) is 0 Å². The number of hydrogen-bond acceptors (Lipinski definition) is 2. The van der Waals surface area contributed by atoms with Gasteiger partial charge in [-0.05, 0) is 55.9 Å². The van der Waals surface area contributed by atoms with E-state index in [1.165, 1.54) is 16.4 Å². The molecule has 3 nitrogen and oxygen atoms in total. The molecule has 1 saturated heterocycles. The van der Waals surface area contributed by atoms with Gasteiger partial charge in [-0.3, -0.25) is 0 Å². The smallest absolute Gasteiger partial charge is 0.207 e. The predicted molar refractivity (Wildman–Crippen MR) is 81.2 cm³/mol. The molecule has 20 heavy (non-hydrogen) atoms. The first-order valence-electron chi connectivity index (χ1n) is 6.69. The van der Waals surface area contributed by atoms with Crippen molar-refractivity contribution in [1.29, 1.82) is 0 Å². The minimum Gasteiger partial charge on any atom is -0.207 e. The van der Waals surface area contributed by atoms with Crippen LogP contribution in [0.3, 0.4) is 0 Å². The average molecular weight is 364 g/mol. The molecule has 6 heteroatoms. The highest BCUT2D eigenvalue weighted by Crippen LogP contribution is 2.28. The van der Waals surface area contributed by atoms with E-state index in [-0.39, 0.29) is 4.90 Å². The fraction of sp³-hybridized carbons (Fsp3) is 0.571. The molecular formula is C14H19BrFNO2S. The maximum atomic E-state index is 13.3. The van der Waals surface area contributed by atoms with E-state index >= 15 is 0 Å². The molecule has 1 aliphatic rings. The van der Waals surface area contributed by atoms with Crippen LogP contribution in [-0.4, -0.2) is 31.1 Å². The van der Waals surface area contributed by atoms with E-state index in [9.17, 15) is 12.8 Å². The first-order chi connectivity index (χ1) is 9.36. The van der Waals surface area contributed by atoms with Crippen LogP contribution < -0.4 is 0 Å². The van der Waals surface area contributed by atoms with Gasteiger partial charge in [0, 0.05) is 18.4 Å². The van der Waals surface area contributed by atoms with E-state index < -0.39 is 15.8 Å². The molecule has 0 aromatic heterocycles. The van der Waals surface area contributed by atoms with Gasteiger partial charge in [-0.2, -0.15) is 4.31 Å². The molecule has 2 rings (SSSR count). The number of piperidine rings is 1. The van der Waals surface area contributed by atoms with Crippen LogP contribution in [0.5, 0.6) is 0 Å². The number of nitrogens with zero attached hydrogens (tertiary/aromatic N) is 1. The SMILES string of the molecule is Cc1cc(F)cc(C)c1S(=O)(=O)N1CCC(CBr)CC1. The van der Waals surface area contributed by atoms with Gasteiger partial charge in [0.1, 0.15) is 5.82 Å². The van der Waals surface area contributed by atoms with Gasteiger partial charge < -0.3 is 0 Å². The Bertz CT molecular complexity index is 572. The van der Waals surface area contributed by atoms with Gasteiger partial charge in [-0.25, -0.2) is 12.8 Å². The Hall–Kier alpha value is -0.460. The Kier molecular flexibility index (Phi) is 4.87. The highest BCUT2D eigenvalue weighted by atomic mass is 79.9. The van der Waals surface area contributed by atoms with Crippen LogP contribution in [0.1, 0.15) is 24.0 Å². The highest BCUT2D eigenvalue weighted by Gasteiger charge is 2.31. The van der Waals surface area contributed by atoms with Gasteiger partial charge in [-0.15, -0.1) is 0 Å². The predicted octanol–water partition coefficient (Wildman–Crippen LogP) is 3.24. The van der Waals surface area contributed by atoms with E-state index in [0.717, 1.165) is 18.2 Å². The normalized spacial score (nSPS) is 18.4. The Morgan fingerprint density at radius 3 is 2.20 bits per heavy atom. The molecule has 0 atom stereocenters. The van der Waals surface area contributed by atoms with Gasteiger partial charge in [0.2, 0.25) is 10.0 Å². The second kappa shape index (κ2) is 6.12. The maximum Gasteiger partial charge on any atom is 0.243 e. The molecule has 0 bridgehead atoms. The van der Waals surface area contributed by atoms with Crippen molar-refractivity contribution in [3.8, 4) is 0 Å². The van der Waals surface area contributed by atoms with E-state index in [1.807, 2.05) is 0 Å². The maximum absolute atomic E-state index is 13.3. The molecule has 0 radical (unpaired) electrons. The topological polar surface area (TPSA) is 37.4 Å². The number of sulfonamides is 1. The lowest BCUT2D eigenvalue weighted by Crippen LogP contribution is -2.39. The molecule has 0 spiro atoms. The number of hydrogen-bond donors (Lipinski definition) is 0. The van der Waals surface area contributed by atoms with E-state index in [1.54, 1.807) is 13.8 Å². The number of benzene rings is 1. The zero-order valence-electron chi connectivity index (χ0n) is 11.7. The molecule has 1 aromatic rings. The molecule has 1 fully saturated rings. The third-order valence-corrected chi connectivity index (χ3v) is 6.94. The largest absolute Gasteiger partial charge is 0.243 e. The highest BCUT2D eigenvalue weighted by molar-refractivity contribution is 9.09. The Morgan fingerprint density at radius 1 is 1.25 bits per heavy atom. The fourth-order valence-electron chi connectivity index (χ4n) is 2.74. The Morgan fingerprint density at radius 2 is 1.75 bits per heavy atom. The van der Waals surface area contributed by atoms with Crippen molar-refractivity contribution in [2.45, 2.75) is 31.6 Å². The lowest BCUT2D eigenvalue weighted by molar-refractivity contribution is 0.291. The second-order valence-electron chi connectivity index (χ2n) is 5.37. The summed E-state index contributed by atoms with van der Waals surface area (Å²) in [7, 11) is -3.52. The van der Waals surface area contributed by atoms with Crippen LogP contribution >= 0.6 is 15.9 Å². The van der Waals surface area contributed by atoms with Crippen molar-refractivity contribution < 1.29 is 12.8 Å². The summed E-state index contributed by atoms with van der Waals surface area (Å²) in [5.74, 6) is 0.147. The second-order valence-corrected chi connectivity index (χ2v) is 7.89. The van der Waals surface area contributed by atoms with Gasteiger partial charge in [0.25, 0.3) is 0 Å². The average Bonchev–Trinajstić information content (AvgIpc) is 2.37. The quantitative estimate of drug-likeness (QED) is 0.773. The third-order valence-electron chi connectivity index (χ3n) is 3.81. The van der Waals surface area contributed by atoms with Crippen LogP contribution in [0.25, 0.3) is 0 Å². The minimum atomic E-state index is -3.52. The van der Waals surface area contributed by atoms with Crippen molar-refractivity contribution in [2.75, 3.05) is 18.4 Å². The number of halogens is 2. The minimum absolute atomic E-state index is 0.260. The molecule has 1 aromatic carbocycles. The van der Waals surface area contributed by atoms with Crippen molar-refractivity contribution in [3.63, 3.8) is 0 Å². The monoisotopic (exact) mass is 363 g/mol. The standard InChI is InChI=1S/C14H19BrFNO2S/c1-10-7-13(16)8-11(2)14(10)20(18,19)17-5-3-12(9-15)4-6-17/h7-8,12H,3-6,9H2,1-2H3. The van der Waals surface area contributed by atoms with E-state index in [0.29, 0.717) is 30.1 Å². The summed E-state index contributed by atoms with van der Waals surface area (Å²) in [5.41, 5.74) is 0.954. The molecule has 0 amide bonds. The zero-order chi connectivity index (χ0) is 14.9. The fourth-order valence-corrected chi connectivity index (χ4v) is 5.27. The number of alkyl halides is 1. The van der Waals surface area contributed by atoms with Gasteiger partial charge in [-0.1, -0.05) is 15.9 Å². The summed E-state index contributed by atoms with van der Waals surface area (Å²) in [5, 5.41) is 0.912. The van der Waals surface area contributed by atoms with Crippen LogP contribution in [0.4, 0.5) is 4.39 Å². The van der Waals surface area contributed by atoms with E-state index in [2.05, 4.69) is 15.9 Å². The van der Waals surface area contributed by atoms with Crippen molar-refractivity contribution in [2.24, 2.45) is 5.92 Å².